The van der Waals surface area contributed by atoms with Crippen molar-refractivity contribution in [1.82, 2.24) is 9.88 Å². The summed E-state index contributed by atoms with van der Waals surface area (Å²) in [6.45, 7) is 4.43. The summed E-state index contributed by atoms with van der Waals surface area (Å²) in [5, 5.41) is 14.0. The van der Waals surface area contributed by atoms with Gasteiger partial charge in [0.25, 0.3) is 0 Å². The van der Waals surface area contributed by atoms with Crippen molar-refractivity contribution in [1.29, 1.82) is 0 Å². The molecule has 1 unspecified atom stereocenters. The van der Waals surface area contributed by atoms with E-state index in [1.807, 2.05) is 0 Å². The maximum absolute atomic E-state index is 12.3. The zero-order chi connectivity index (χ0) is 17.0. The van der Waals surface area contributed by atoms with Gasteiger partial charge < -0.3 is 15.3 Å². The van der Waals surface area contributed by atoms with Crippen LogP contribution in [0.15, 0.2) is 5.38 Å². The second kappa shape index (κ2) is 7.54. The summed E-state index contributed by atoms with van der Waals surface area (Å²) in [6.07, 6.45) is 1.44. The van der Waals surface area contributed by atoms with Crippen molar-refractivity contribution < 1.29 is 19.5 Å². The molecule has 0 radical (unpaired) electrons. The summed E-state index contributed by atoms with van der Waals surface area (Å²) in [7, 11) is 0. The Morgan fingerprint density at radius 1 is 1.48 bits per heavy atom. The van der Waals surface area contributed by atoms with Crippen LogP contribution in [0.2, 0.25) is 0 Å². The molecule has 1 aliphatic heterocycles. The smallest absolute Gasteiger partial charge is 0.308 e. The van der Waals surface area contributed by atoms with Gasteiger partial charge in [-0.1, -0.05) is 13.8 Å². The molecule has 2 N–H and O–H groups in total. The van der Waals surface area contributed by atoms with E-state index < -0.39 is 11.9 Å². The van der Waals surface area contributed by atoms with E-state index in [9.17, 15) is 14.4 Å². The molecule has 1 aromatic rings. The van der Waals surface area contributed by atoms with Crippen molar-refractivity contribution in [3.8, 4) is 0 Å². The summed E-state index contributed by atoms with van der Waals surface area (Å²) >= 11 is 1.28. The summed E-state index contributed by atoms with van der Waals surface area (Å²) in [4.78, 5) is 40.8. The van der Waals surface area contributed by atoms with Gasteiger partial charge in [0.1, 0.15) is 0 Å². The molecule has 1 aliphatic rings. The number of carboxylic acid groups (broad SMARTS) is 1. The maximum Gasteiger partial charge on any atom is 0.308 e. The quantitative estimate of drug-likeness (QED) is 0.849. The monoisotopic (exact) mass is 339 g/mol. The average molecular weight is 339 g/mol. The molecule has 0 aliphatic carbocycles. The van der Waals surface area contributed by atoms with Gasteiger partial charge in [-0.05, 0) is 12.8 Å². The third-order valence-corrected chi connectivity index (χ3v) is 4.57. The molecule has 0 spiro atoms. The standard InChI is InChI=1S/C15H21N3O4S/c1-9(2)13(20)17-15-16-11(8-23-15)6-12(19)18-5-3-4-10(7-18)14(21)22/h8-10H,3-7H2,1-2H3,(H,21,22)(H,16,17,20). The first-order chi connectivity index (χ1) is 10.9. The summed E-state index contributed by atoms with van der Waals surface area (Å²) in [5.74, 6) is -1.70. The maximum atomic E-state index is 12.3. The molecule has 23 heavy (non-hydrogen) atoms. The number of carboxylic acids is 1. The molecule has 1 fully saturated rings. The summed E-state index contributed by atoms with van der Waals surface area (Å²) < 4.78 is 0. The van der Waals surface area contributed by atoms with E-state index in [4.69, 9.17) is 5.11 Å². The van der Waals surface area contributed by atoms with Gasteiger partial charge in [0.15, 0.2) is 5.13 Å². The van der Waals surface area contributed by atoms with E-state index in [0.717, 1.165) is 0 Å². The van der Waals surface area contributed by atoms with E-state index in [-0.39, 0.29) is 30.7 Å². The number of likely N-dealkylation sites (tertiary alicyclic amines) is 1. The minimum absolute atomic E-state index is 0.113. The highest BCUT2D eigenvalue weighted by Crippen LogP contribution is 2.20. The Hall–Kier alpha value is -1.96. The molecule has 1 saturated heterocycles. The van der Waals surface area contributed by atoms with Crippen LogP contribution in [0.5, 0.6) is 0 Å². The van der Waals surface area contributed by atoms with Crippen molar-refractivity contribution in [3.05, 3.63) is 11.1 Å². The van der Waals surface area contributed by atoms with Crippen molar-refractivity contribution in [3.63, 3.8) is 0 Å². The average Bonchev–Trinajstić information content (AvgIpc) is 2.94. The number of carbonyl (C=O) groups excluding carboxylic acids is 2. The van der Waals surface area contributed by atoms with Gasteiger partial charge >= 0.3 is 5.97 Å². The van der Waals surface area contributed by atoms with Crippen LogP contribution in [0.1, 0.15) is 32.4 Å². The van der Waals surface area contributed by atoms with Gasteiger partial charge in [0, 0.05) is 24.4 Å². The zero-order valence-corrected chi connectivity index (χ0v) is 14.1. The second-order valence-corrected chi connectivity index (χ2v) is 6.84. The van der Waals surface area contributed by atoms with Gasteiger partial charge in [-0.2, -0.15) is 0 Å². The molecule has 1 aromatic heterocycles. The predicted octanol–water partition coefficient (Wildman–Crippen LogP) is 1.60. The molecular formula is C15H21N3O4S. The number of carbonyl (C=O) groups is 3. The number of hydrogen-bond donors (Lipinski definition) is 2. The number of nitrogens with zero attached hydrogens (tertiary/aromatic N) is 2. The first-order valence-electron chi connectivity index (χ1n) is 7.62. The molecule has 2 rings (SSSR count). The lowest BCUT2D eigenvalue weighted by Gasteiger charge is -2.30. The Bertz CT molecular complexity index is 599. The normalized spacial score (nSPS) is 18.0. The highest BCUT2D eigenvalue weighted by molar-refractivity contribution is 7.13. The number of aliphatic carboxylic acids is 1. The lowest BCUT2D eigenvalue weighted by Crippen LogP contribution is -2.43. The van der Waals surface area contributed by atoms with Crippen LogP contribution in [0, 0.1) is 11.8 Å². The van der Waals surface area contributed by atoms with Crippen LogP contribution >= 0.6 is 11.3 Å². The Morgan fingerprint density at radius 2 is 2.22 bits per heavy atom. The number of anilines is 1. The van der Waals surface area contributed by atoms with Crippen LogP contribution in [0.3, 0.4) is 0 Å². The minimum Gasteiger partial charge on any atom is -0.481 e. The highest BCUT2D eigenvalue weighted by atomic mass is 32.1. The van der Waals surface area contributed by atoms with Gasteiger partial charge in [-0.15, -0.1) is 11.3 Å². The molecular weight excluding hydrogens is 318 g/mol. The van der Waals surface area contributed by atoms with Crippen LogP contribution in [-0.4, -0.2) is 45.9 Å². The van der Waals surface area contributed by atoms with Crippen molar-refractivity contribution >= 4 is 34.3 Å². The molecule has 2 amide bonds. The molecule has 0 aromatic carbocycles. The number of thiazole rings is 1. The number of aromatic nitrogens is 1. The first kappa shape index (κ1) is 17.4. The van der Waals surface area contributed by atoms with Gasteiger partial charge in [-0.3, -0.25) is 14.4 Å². The van der Waals surface area contributed by atoms with Crippen LogP contribution in [-0.2, 0) is 20.8 Å². The van der Waals surface area contributed by atoms with E-state index in [2.05, 4.69) is 10.3 Å². The Morgan fingerprint density at radius 3 is 2.87 bits per heavy atom. The topological polar surface area (TPSA) is 99.6 Å². The lowest BCUT2D eigenvalue weighted by atomic mass is 9.98. The van der Waals surface area contributed by atoms with Crippen molar-refractivity contribution in [2.45, 2.75) is 33.1 Å². The SMILES string of the molecule is CC(C)C(=O)Nc1nc(CC(=O)N2CCCC(C(=O)O)C2)cs1. The fraction of sp³-hybridized carbons (Fsp3) is 0.600. The Labute approximate surface area is 138 Å². The van der Waals surface area contributed by atoms with E-state index in [0.29, 0.717) is 30.2 Å². The zero-order valence-electron chi connectivity index (χ0n) is 13.2. The predicted molar refractivity (Wildman–Crippen MR) is 86.2 cm³/mol. The molecule has 1 atom stereocenters. The van der Waals surface area contributed by atoms with Crippen LogP contribution in [0.4, 0.5) is 5.13 Å². The number of amides is 2. The van der Waals surface area contributed by atoms with Crippen molar-refractivity contribution in [2.24, 2.45) is 11.8 Å². The molecule has 7 nitrogen and oxygen atoms in total. The fourth-order valence-corrected chi connectivity index (χ4v) is 3.08. The number of piperidine rings is 1. The van der Waals surface area contributed by atoms with E-state index >= 15 is 0 Å². The third-order valence-electron chi connectivity index (χ3n) is 3.76. The fourth-order valence-electron chi connectivity index (χ4n) is 2.37. The first-order valence-corrected chi connectivity index (χ1v) is 8.50. The summed E-state index contributed by atoms with van der Waals surface area (Å²) in [6, 6.07) is 0. The molecule has 0 saturated carbocycles. The van der Waals surface area contributed by atoms with E-state index in [1.165, 1.54) is 11.3 Å². The molecule has 0 bridgehead atoms. The minimum atomic E-state index is -0.852. The van der Waals surface area contributed by atoms with Gasteiger partial charge in [0.05, 0.1) is 18.0 Å². The van der Waals surface area contributed by atoms with Crippen LogP contribution < -0.4 is 5.32 Å². The van der Waals surface area contributed by atoms with E-state index in [1.54, 1.807) is 24.1 Å². The number of rotatable bonds is 5. The Balaban J connectivity index is 1.91. The van der Waals surface area contributed by atoms with Crippen molar-refractivity contribution in [2.75, 3.05) is 18.4 Å². The molecule has 2 heterocycles. The third kappa shape index (κ3) is 4.75. The van der Waals surface area contributed by atoms with Gasteiger partial charge in [0.2, 0.25) is 11.8 Å². The number of nitrogens with one attached hydrogen (secondary N) is 1. The molecule has 126 valence electrons. The largest absolute Gasteiger partial charge is 0.481 e. The Kier molecular flexibility index (Phi) is 5.70. The highest BCUT2D eigenvalue weighted by Gasteiger charge is 2.28. The lowest BCUT2D eigenvalue weighted by molar-refractivity contribution is -0.145. The van der Waals surface area contributed by atoms with Crippen LogP contribution in [0.25, 0.3) is 0 Å². The second-order valence-electron chi connectivity index (χ2n) is 5.98. The summed E-state index contributed by atoms with van der Waals surface area (Å²) in [5.41, 5.74) is 0.594. The number of hydrogen-bond acceptors (Lipinski definition) is 5. The van der Waals surface area contributed by atoms with Gasteiger partial charge in [-0.25, -0.2) is 4.98 Å². The molecule has 8 heteroatoms.